The zero-order chi connectivity index (χ0) is 14.7. The Bertz CT molecular complexity index is 604. The van der Waals surface area contributed by atoms with Crippen LogP contribution in [0.4, 0.5) is 5.69 Å². The van der Waals surface area contributed by atoms with E-state index in [9.17, 15) is 4.79 Å². The summed E-state index contributed by atoms with van der Waals surface area (Å²) in [5.74, 6) is 0.231. The van der Waals surface area contributed by atoms with Crippen LogP contribution in [-0.2, 0) is 0 Å². The summed E-state index contributed by atoms with van der Waals surface area (Å²) >= 11 is 5.71. The van der Waals surface area contributed by atoms with Gasteiger partial charge < -0.3 is 14.6 Å². The molecule has 1 aromatic carbocycles. The third kappa shape index (κ3) is 3.39. The van der Waals surface area contributed by atoms with Crippen LogP contribution in [0.3, 0.4) is 0 Å². The number of hydrogen-bond acceptors (Lipinski definition) is 3. The van der Waals surface area contributed by atoms with Crippen LogP contribution in [0.15, 0.2) is 46.9 Å². The van der Waals surface area contributed by atoms with Gasteiger partial charge in [0, 0.05) is 24.8 Å². The highest BCUT2D eigenvalue weighted by Crippen LogP contribution is 2.20. The topological polar surface area (TPSA) is 45.5 Å². The highest BCUT2D eigenvalue weighted by molar-refractivity contribution is 6.29. The van der Waals surface area contributed by atoms with Gasteiger partial charge in [-0.1, -0.05) is 18.2 Å². The number of piperidine rings is 1. The van der Waals surface area contributed by atoms with Gasteiger partial charge in [-0.15, -0.1) is 0 Å². The highest BCUT2D eigenvalue weighted by atomic mass is 35.5. The van der Waals surface area contributed by atoms with Crippen LogP contribution in [-0.4, -0.2) is 29.9 Å². The molecule has 1 N–H and O–H groups in total. The summed E-state index contributed by atoms with van der Waals surface area (Å²) in [5.41, 5.74) is 1.13. The van der Waals surface area contributed by atoms with E-state index in [0.717, 1.165) is 31.6 Å². The van der Waals surface area contributed by atoms with E-state index in [2.05, 4.69) is 17.4 Å². The summed E-state index contributed by atoms with van der Waals surface area (Å²) in [6.45, 7) is 1.45. The van der Waals surface area contributed by atoms with E-state index < -0.39 is 0 Å². The number of amides is 1. The van der Waals surface area contributed by atoms with Crippen molar-refractivity contribution >= 4 is 23.2 Å². The molecule has 1 aromatic heterocycles. The number of rotatable bonds is 3. The second-order valence-electron chi connectivity index (χ2n) is 5.18. The molecule has 21 heavy (non-hydrogen) atoms. The van der Waals surface area contributed by atoms with Crippen molar-refractivity contribution in [2.24, 2.45) is 0 Å². The van der Waals surface area contributed by atoms with Crippen LogP contribution in [0, 0.1) is 0 Å². The molecule has 1 aliphatic rings. The molecule has 1 amide bonds. The van der Waals surface area contributed by atoms with E-state index in [0.29, 0.717) is 11.8 Å². The zero-order valence-electron chi connectivity index (χ0n) is 11.6. The van der Waals surface area contributed by atoms with Crippen LogP contribution in [0.25, 0.3) is 0 Å². The Kier molecular flexibility index (Phi) is 4.15. The second-order valence-corrected chi connectivity index (χ2v) is 5.55. The van der Waals surface area contributed by atoms with Crippen molar-refractivity contribution in [3.63, 3.8) is 0 Å². The largest absolute Gasteiger partial charge is 0.440 e. The summed E-state index contributed by atoms with van der Waals surface area (Å²) in [5, 5.41) is 3.75. The lowest BCUT2D eigenvalue weighted by Gasteiger charge is -2.32. The van der Waals surface area contributed by atoms with Gasteiger partial charge in [0.2, 0.25) is 0 Å². The Hall–Kier alpha value is -1.94. The van der Waals surface area contributed by atoms with Gasteiger partial charge in [0.15, 0.2) is 11.0 Å². The minimum Gasteiger partial charge on any atom is -0.440 e. The number of benzene rings is 1. The fraction of sp³-hybridized carbons (Fsp3) is 0.312. The molecule has 0 bridgehead atoms. The number of nitrogens with one attached hydrogen (secondary N) is 1. The third-order valence-electron chi connectivity index (χ3n) is 3.71. The maximum atomic E-state index is 12.2. The van der Waals surface area contributed by atoms with E-state index in [1.54, 1.807) is 12.1 Å². The number of anilines is 1. The molecule has 2 heterocycles. The van der Waals surface area contributed by atoms with E-state index in [1.165, 1.54) is 0 Å². The van der Waals surface area contributed by atoms with Gasteiger partial charge in [-0.2, -0.15) is 0 Å². The van der Waals surface area contributed by atoms with Gasteiger partial charge in [-0.05, 0) is 48.7 Å². The maximum Gasteiger partial charge on any atom is 0.289 e. The fourth-order valence-corrected chi connectivity index (χ4v) is 2.73. The van der Waals surface area contributed by atoms with E-state index >= 15 is 0 Å². The Morgan fingerprint density at radius 1 is 1.14 bits per heavy atom. The van der Waals surface area contributed by atoms with Gasteiger partial charge in [0.05, 0.1) is 0 Å². The summed E-state index contributed by atoms with van der Waals surface area (Å²) in [7, 11) is 0. The first-order chi connectivity index (χ1) is 10.2. The lowest BCUT2D eigenvalue weighted by Crippen LogP contribution is -2.42. The molecule has 1 saturated heterocycles. The Morgan fingerprint density at radius 3 is 2.48 bits per heavy atom. The monoisotopic (exact) mass is 304 g/mol. The van der Waals surface area contributed by atoms with Crippen molar-refractivity contribution in [1.82, 2.24) is 4.90 Å². The molecule has 2 aromatic rings. The molecule has 0 unspecified atom stereocenters. The predicted molar refractivity (Wildman–Crippen MR) is 82.7 cm³/mol. The number of likely N-dealkylation sites (tertiary alicyclic amines) is 1. The third-order valence-corrected chi connectivity index (χ3v) is 3.91. The van der Waals surface area contributed by atoms with Crippen LogP contribution >= 0.6 is 11.6 Å². The summed E-state index contributed by atoms with van der Waals surface area (Å²) in [6.07, 6.45) is 1.85. The minimum atomic E-state index is -0.0833. The average Bonchev–Trinajstić information content (AvgIpc) is 2.95. The molecule has 0 aliphatic carbocycles. The molecule has 4 nitrogen and oxygen atoms in total. The smallest absolute Gasteiger partial charge is 0.289 e. The zero-order valence-corrected chi connectivity index (χ0v) is 12.3. The van der Waals surface area contributed by atoms with E-state index in [4.69, 9.17) is 16.0 Å². The second kappa shape index (κ2) is 6.22. The highest BCUT2D eigenvalue weighted by Gasteiger charge is 2.25. The number of para-hydroxylation sites is 1. The Balaban J connectivity index is 1.54. The molecule has 110 valence electrons. The number of furan rings is 1. The fourth-order valence-electron chi connectivity index (χ4n) is 2.58. The standard InChI is InChI=1S/C16H17ClN2O2/c17-15-7-6-14(21-15)16(20)19-10-8-13(9-11-19)18-12-4-2-1-3-5-12/h1-7,13,18H,8-11H2. The predicted octanol–water partition coefficient (Wildman–Crippen LogP) is 3.65. The van der Waals surface area contributed by atoms with Gasteiger partial charge in [0.25, 0.3) is 5.91 Å². The average molecular weight is 305 g/mol. The molecule has 1 aliphatic heterocycles. The molecule has 0 radical (unpaired) electrons. The van der Waals surface area contributed by atoms with Crippen LogP contribution in [0.1, 0.15) is 23.4 Å². The van der Waals surface area contributed by atoms with E-state index in [1.807, 2.05) is 23.1 Å². The number of halogens is 1. The quantitative estimate of drug-likeness (QED) is 0.941. The first-order valence-corrected chi connectivity index (χ1v) is 7.46. The Labute approximate surface area is 128 Å². The van der Waals surface area contributed by atoms with Crippen LogP contribution < -0.4 is 5.32 Å². The van der Waals surface area contributed by atoms with Gasteiger partial charge in [-0.3, -0.25) is 4.79 Å². The number of hydrogen-bond donors (Lipinski definition) is 1. The first-order valence-electron chi connectivity index (χ1n) is 7.08. The van der Waals surface area contributed by atoms with Gasteiger partial charge >= 0.3 is 0 Å². The summed E-state index contributed by atoms with van der Waals surface area (Å²) in [6, 6.07) is 13.8. The van der Waals surface area contributed by atoms with E-state index in [-0.39, 0.29) is 11.1 Å². The number of carbonyl (C=O) groups is 1. The van der Waals surface area contributed by atoms with Crippen molar-refractivity contribution in [2.75, 3.05) is 18.4 Å². The first kappa shape index (κ1) is 14.0. The van der Waals surface area contributed by atoms with Crippen LogP contribution in [0.5, 0.6) is 0 Å². The van der Waals surface area contributed by atoms with Gasteiger partial charge in [0.1, 0.15) is 0 Å². The van der Waals surface area contributed by atoms with Crippen molar-refractivity contribution in [1.29, 1.82) is 0 Å². The maximum absolute atomic E-state index is 12.2. The lowest BCUT2D eigenvalue weighted by molar-refractivity contribution is 0.0686. The van der Waals surface area contributed by atoms with Crippen molar-refractivity contribution < 1.29 is 9.21 Å². The SMILES string of the molecule is O=C(c1ccc(Cl)o1)N1CCC(Nc2ccccc2)CC1. The molecule has 1 fully saturated rings. The van der Waals surface area contributed by atoms with Crippen LogP contribution in [0.2, 0.25) is 5.22 Å². The number of carbonyl (C=O) groups excluding carboxylic acids is 1. The molecular formula is C16H17ClN2O2. The normalized spacial score (nSPS) is 16.0. The molecule has 5 heteroatoms. The van der Waals surface area contributed by atoms with Gasteiger partial charge in [-0.25, -0.2) is 0 Å². The molecular weight excluding hydrogens is 288 g/mol. The molecule has 0 atom stereocenters. The summed E-state index contributed by atoms with van der Waals surface area (Å²) < 4.78 is 5.18. The molecule has 3 rings (SSSR count). The van der Waals surface area contributed by atoms with Crippen molar-refractivity contribution in [3.8, 4) is 0 Å². The van der Waals surface area contributed by atoms with Crippen molar-refractivity contribution in [3.05, 3.63) is 53.4 Å². The summed E-state index contributed by atoms with van der Waals surface area (Å²) in [4.78, 5) is 14.0. The minimum absolute atomic E-state index is 0.0833. The Morgan fingerprint density at radius 2 is 1.86 bits per heavy atom. The lowest BCUT2D eigenvalue weighted by atomic mass is 10.0. The number of nitrogens with zero attached hydrogens (tertiary/aromatic N) is 1. The molecule has 0 spiro atoms. The van der Waals surface area contributed by atoms with Crippen molar-refractivity contribution in [2.45, 2.75) is 18.9 Å². The molecule has 0 saturated carbocycles.